The van der Waals surface area contributed by atoms with Gasteiger partial charge in [-0.1, -0.05) is 0 Å². The summed E-state index contributed by atoms with van der Waals surface area (Å²) in [4.78, 5) is 26.5. The number of aliphatic hydroxyl groups excluding tert-OH is 1. The first-order valence-corrected chi connectivity index (χ1v) is 11.1. The Bertz CT molecular complexity index is 726. The molecule has 4 N–H and O–H groups in total. The lowest BCUT2D eigenvalue weighted by atomic mass is 9.97. The predicted octanol–water partition coefficient (Wildman–Crippen LogP) is 0.564. The van der Waals surface area contributed by atoms with Crippen LogP contribution in [-0.2, 0) is 14.3 Å². The molecule has 1 aromatic carbocycles. The number of anilines is 1. The fourth-order valence-corrected chi connectivity index (χ4v) is 3.91. The largest absolute Gasteiger partial charge is 0.497 e. The third kappa shape index (κ3) is 7.63. The highest BCUT2D eigenvalue weighted by atomic mass is 16.5. The molecule has 0 aromatic heterocycles. The zero-order valence-electron chi connectivity index (χ0n) is 18.5. The van der Waals surface area contributed by atoms with Crippen molar-refractivity contribution in [2.75, 3.05) is 58.4 Å². The highest BCUT2D eigenvalue weighted by Gasteiger charge is 2.31. The summed E-state index contributed by atoms with van der Waals surface area (Å²) in [6.45, 7) is 3.59. The van der Waals surface area contributed by atoms with Gasteiger partial charge in [0.05, 0.1) is 45.6 Å². The van der Waals surface area contributed by atoms with Crippen LogP contribution in [0, 0.1) is 0 Å². The Balaban J connectivity index is 1.36. The van der Waals surface area contributed by atoms with Crippen LogP contribution in [0.15, 0.2) is 24.3 Å². The molecule has 1 aromatic rings. The maximum Gasteiger partial charge on any atom is 0.319 e. The highest BCUT2D eigenvalue weighted by Crippen LogP contribution is 2.22. The van der Waals surface area contributed by atoms with E-state index >= 15 is 0 Å². The Morgan fingerprint density at radius 1 is 1.19 bits per heavy atom. The maximum absolute atomic E-state index is 12.3. The van der Waals surface area contributed by atoms with Crippen molar-refractivity contribution in [3.8, 4) is 5.75 Å². The zero-order chi connectivity index (χ0) is 22.8. The molecule has 0 unspecified atom stereocenters. The number of hydrogen-bond donors (Lipinski definition) is 4. The van der Waals surface area contributed by atoms with Crippen LogP contribution in [0.5, 0.6) is 5.75 Å². The Kier molecular flexibility index (Phi) is 9.54. The molecular formula is C22H34N4O6. The van der Waals surface area contributed by atoms with Gasteiger partial charge in [-0.3, -0.25) is 9.69 Å². The maximum atomic E-state index is 12.3. The highest BCUT2D eigenvalue weighted by molar-refractivity contribution is 5.89. The first kappa shape index (κ1) is 24.2. The molecule has 2 saturated heterocycles. The van der Waals surface area contributed by atoms with Crippen molar-refractivity contribution in [1.29, 1.82) is 0 Å². The number of hydrogen-bond acceptors (Lipinski definition) is 7. The number of carbonyl (C=O) groups excluding carboxylic acids is 2. The summed E-state index contributed by atoms with van der Waals surface area (Å²) in [6, 6.07) is 6.40. The molecule has 2 aliphatic rings. The van der Waals surface area contributed by atoms with Crippen LogP contribution < -0.4 is 20.7 Å². The third-order valence-electron chi connectivity index (χ3n) is 5.72. The molecule has 0 aliphatic carbocycles. The van der Waals surface area contributed by atoms with Crippen molar-refractivity contribution in [2.45, 2.75) is 37.5 Å². The summed E-state index contributed by atoms with van der Waals surface area (Å²) in [7, 11) is 1.58. The molecule has 178 valence electrons. The molecule has 3 rings (SSSR count). The van der Waals surface area contributed by atoms with E-state index in [4.69, 9.17) is 14.2 Å². The summed E-state index contributed by atoms with van der Waals surface area (Å²) in [5.74, 6) is 0.705. The van der Waals surface area contributed by atoms with E-state index in [1.807, 2.05) is 0 Å². The van der Waals surface area contributed by atoms with Gasteiger partial charge < -0.3 is 35.3 Å². The molecule has 10 heteroatoms. The second kappa shape index (κ2) is 12.6. The number of nitrogens with zero attached hydrogens (tertiary/aromatic N) is 1. The summed E-state index contributed by atoms with van der Waals surface area (Å²) in [5, 5.41) is 18.3. The number of aliphatic hydroxyl groups is 1. The van der Waals surface area contributed by atoms with Gasteiger partial charge in [0.1, 0.15) is 11.9 Å². The number of rotatable bonds is 9. The number of ether oxygens (including phenoxy) is 3. The van der Waals surface area contributed by atoms with Gasteiger partial charge in [-0.2, -0.15) is 0 Å². The molecule has 2 aliphatic heterocycles. The Labute approximate surface area is 188 Å². The monoisotopic (exact) mass is 450 g/mol. The van der Waals surface area contributed by atoms with E-state index in [-0.39, 0.29) is 30.7 Å². The standard InChI is InChI=1S/C22H34N4O6/c1-30-17-4-2-16(3-5-17)24-22(29)25-19-7-6-18(32-20(19)15-27)8-9-23-21(28)14-26-10-12-31-13-11-26/h2-5,18-20,27H,6-15H2,1H3,(H,23,28)(H2,24,25,29)/t18-,19+,20-/m1/s1. The van der Waals surface area contributed by atoms with E-state index in [1.165, 1.54) is 0 Å². The van der Waals surface area contributed by atoms with Gasteiger partial charge in [-0.25, -0.2) is 4.79 Å². The average Bonchev–Trinajstić information content (AvgIpc) is 2.81. The molecule has 3 atom stereocenters. The minimum absolute atomic E-state index is 0.00355. The number of benzene rings is 1. The lowest BCUT2D eigenvalue weighted by Gasteiger charge is -2.36. The molecule has 32 heavy (non-hydrogen) atoms. The van der Waals surface area contributed by atoms with Gasteiger partial charge in [-0.05, 0) is 43.5 Å². The molecule has 0 radical (unpaired) electrons. The molecule has 3 amide bonds. The molecule has 2 fully saturated rings. The van der Waals surface area contributed by atoms with E-state index in [0.29, 0.717) is 50.6 Å². The summed E-state index contributed by atoms with van der Waals surface area (Å²) < 4.78 is 16.4. The molecular weight excluding hydrogens is 416 g/mol. The SMILES string of the molecule is COc1ccc(NC(=O)N[C@H]2CC[C@H](CCNC(=O)CN3CCOCC3)O[C@@H]2CO)cc1. The second-order valence-corrected chi connectivity index (χ2v) is 8.02. The smallest absolute Gasteiger partial charge is 0.319 e. The fraction of sp³-hybridized carbons (Fsp3) is 0.636. The van der Waals surface area contributed by atoms with E-state index in [1.54, 1.807) is 31.4 Å². The first-order chi connectivity index (χ1) is 15.6. The van der Waals surface area contributed by atoms with E-state index < -0.39 is 6.10 Å². The topological polar surface area (TPSA) is 121 Å². The number of methoxy groups -OCH3 is 1. The van der Waals surface area contributed by atoms with Crippen LogP contribution in [0.1, 0.15) is 19.3 Å². The molecule has 0 spiro atoms. The van der Waals surface area contributed by atoms with Crippen molar-refractivity contribution >= 4 is 17.6 Å². The average molecular weight is 451 g/mol. The molecule has 0 saturated carbocycles. The lowest BCUT2D eigenvalue weighted by molar-refractivity contribution is -0.123. The number of amides is 3. The van der Waals surface area contributed by atoms with Crippen LogP contribution in [0.3, 0.4) is 0 Å². The van der Waals surface area contributed by atoms with Gasteiger partial charge in [0.15, 0.2) is 0 Å². The number of urea groups is 1. The van der Waals surface area contributed by atoms with Crippen LogP contribution in [0.2, 0.25) is 0 Å². The number of carbonyl (C=O) groups is 2. The van der Waals surface area contributed by atoms with Crippen LogP contribution in [-0.4, -0.2) is 93.3 Å². The van der Waals surface area contributed by atoms with Gasteiger partial charge in [0.25, 0.3) is 0 Å². The zero-order valence-corrected chi connectivity index (χ0v) is 18.5. The quantitative estimate of drug-likeness (QED) is 0.434. The van der Waals surface area contributed by atoms with Crippen LogP contribution >= 0.6 is 0 Å². The van der Waals surface area contributed by atoms with Crippen molar-refractivity contribution in [1.82, 2.24) is 15.5 Å². The minimum atomic E-state index is -0.487. The van der Waals surface area contributed by atoms with Gasteiger partial charge in [0.2, 0.25) is 5.91 Å². The lowest BCUT2D eigenvalue weighted by Crippen LogP contribution is -2.52. The number of nitrogens with one attached hydrogen (secondary N) is 3. The van der Waals surface area contributed by atoms with Crippen molar-refractivity contribution in [2.24, 2.45) is 0 Å². The summed E-state index contributed by atoms with van der Waals surface area (Å²) in [5.41, 5.74) is 0.645. The fourth-order valence-electron chi connectivity index (χ4n) is 3.91. The van der Waals surface area contributed by atoms with Crippen LogP contribution in [0.4, 0.5) is 10.5 Å². The first-order valence-electron chi connectivity index (χ1n) is 11.1. The Hall–Kier alpha value is -2.40. The normalized spacial score (nSPS) is 23.9. The predicted molar refractivity (Wildman–Crippen MR) is 119 cm³/mol. The Morgan fingerprint density at radius 3 is 2.62 bits per heavy atom. The van der Waals surface area contributed by atoms with Crippen molar-refractivity contribution in [3.63, 3.8) is 0 Å². The third-order valence-corrected chi connectivity index (χ3v) is 5.72. The van der Waals surface area contributed by atoms with E-state index in [9.17, 15) is 14.7 Å². The van der Waals surface area contributed by atoms with Gasteiger partial charge in [0, 0.05) is 25.3 Å². The molecule has 10 nitrogen and oxygen atoms in total. The Morgan fingerprint density at radius 2 is 1.94 bits per heavy atom. The van der Waals surface area contributed by atoms with Crippen LogP contribution in [0.25, 0.3) is 0 Å². The number of morpholine rings is 1. The van der Waals surface area contributed by atoms with Gasteiger partial charge >= 0.3 is 6.03 Å². The van der Waals surface area contributed by atoms with E-state index in [2.05, 4.69) is 20.9 Å². The van der Waals surface area contributed by atoms with Gasteiger partial charge in [-0.15, -0.1) is 0 Å². The second-order valence-electron chi connectivity index (χ2n) is 8.02. The van der Waals surface area contributed by atoms with Crippen molar-refractivity contribution < 1.29 is 28.9 Å². The molecule has 0 bridgehead atoms. The van der Waals surface area contributed by atoms with E-state index in [0.717, 1.165) is 19.5 Å². The summed E-state index contributed by atoms with van der Waals surface area (Å²) >= 11 is 0. The summed E-state index contributed by atoms with van der Waals surface area (Å²) in [6.07, 6.45) is 1.53. The van der Waals surface area contributed by atoms with Crippen molar-refractivity contribution in [3.05, 3.63) is 24.3 Å². The molecule has 2 heterocycles. The minimum Gasteiger partial charge on any atom is -0.497 e.